The third-order valence-electron chi connectivity index (χ3n) is 4.69. The van der Waals surface area contributed by atoms with Gasteiger partial charge in [0.25, 0.3) is 0 Å². The Labute approximate surface area is 146 Å². The highest BCUT2D eigenvalue weighted by Crippen LogP contribution is 2.34. The van der Waals surface area contributed by atoms with E-state index < -0.39 is 0 Å². The number of nitrogens with zero attached hydrogens (tertiary/aromatic N) is 1. The van der Waals surface area contributed by atoms with Gasteiger partial charge in [-0.05, 0) is 17.7 Å². The molecule has 2 aromatic carbocycles. The van der Waals surface area contributed by atoms with Gasteiger partial charge in [0.15, 0.2) is 11.5 Å². The standard InChI is InChI=1S/C19H21N3O3/c20-16-10-22(9-15(16)13-4-2-1-3-5-13)11-19(23)21-14-6-7-17-18(8-14)25-12-24-17/h1-8,15-16H,9-12,20H2,(H,21,23)/t15-,16+/m0/s1. The zero-order valence-electron chi connectivity index (χ0n) is 13.9. The van der Waals surface area contributed by atoms with Crippen LogP contribution in [0.4, 0.5) is 5.69 Å². The Morgan fingerprint density at radius 1 is 1.12 bits per heavy atom. The molecule has 6 nitrogen and oxygen atoms in total. The largest absolute Gasteiger partial charge is 0.454 e. The van der Waals surface area contributed by atoms with Gasteiger partial charge in [-0.15, -0.1) is 0 Å². The number of rotatable bonds is 4. The first-order valence-corrected chi connectivity index (χ1v) is 8.41. The molecule has 25 heavy (non-hydrogen) atoms. The first kappa shape index (κ1) is 15.9. The third kappa shape index (κ3) is 3.45. The summed E-state index contributed by atoms with van der Waals surface area (Å²) in [7, 11) is 0. The van der Waals surface area contributed by atoms with Crippen molar-refractivity contribution in [1.82, 2.24) is 4.90 Å². The van der Waals surface area contributed by atoms with E-state index in [0.717, 1.165) is 6.54 Å². The minimum atomic E-state index is -0.0558. The third-order valence-corrected chi connectivity index (χ3v) is 4.69. The van der Waals surface area contributed by atoms with Crippen LogP contribution in [0.1, 0.15) is 11.5 Å². The summed E-state index contributed by atoms with van der Waals surface area (Å²) >= 11 is 0. The van der Waals surface area contributed by atoms with Gasteiger partial charge in [0.05, 0.1) is 6.54 Å². The molecule has 130 valence electrons. The average Bonchev–Trinajstić information content (AvgIpc) is 3.21. The molecule has 2 heterocycles. The number of fused-ring (bicyclic) bond motifs is 1. The lowest BCUT2D eigenvalue weighted by molar-refractivity contribution is -0.117. The highest BCUT2D eigenvalue weighted by Gasteiger charge is 2.32. The lowest BCUT2D eigenvalue weighted by atomic mass is 9.95. The molecule has 2 aromatic rings. The number of nitrogens with two attached hydrogens (primary N) is 1. The monoisotopic (exact) mass is 339 g/mol. The molecule has 0 bridgehead atoms. The molecular formula is C19H21N3O3. The van der Waals surface area contributed by atoms with E-state index in [4.69, 9.17) is 15.2 Å². The lowest BCUT2D eigenvalue weighted by Gasteiger charge is -2.16. The summed E-state index contributed by atoms with van der Waals surface area (Å²) in [6, 6.07) is 15.7. The molecule has 1 saturated heterocycles. The van der Waals surface area contributed by atoms with Crippen molar-refractivity contribution < 1.29 is 14.3 Å². The van der Waals surface area contributed by atoms with Gasteiger partial charge in [0.2, 0.25) is 12.7 Å². The minimum Gasteiger partial charge on any atom is -0.454 e. The fraction of sp³-hybridized carbons (Fsp3) is 0.316. The topological polar surface area (TPSA) is 76.8 Å². The van der Waals surface area contributed by atoms with Crippen molar-refractivity contribution in [2.24, 2.45) is 5.73 Å². The number of nitrogens with one attached hydrogen (secondary N) is 1. The van der Waals surface area contributed by atoms with Crippen LogP contribution >= 0.6 is 0 Å². The fourth-order valence-corrected chi connectivity index (χ4v) is 3.47. The lowest BCUT2D eigenvalue weighted by Crippen LogP contribution is -2.33. The summed E-state index contributed by atoms with van der Waals surface area (Å²) in [5.74, 6) is 1.57. The minimum absolute atomic E-state index is 0.0424. The summed E-state index contributed by atoms with van der Waals surface area (Å²) in [6.45, 7) is 2.05. The summed E-state index contributed by atoms with van der Waals surface area (Å²) in [6.07, 6.45) is 0. The normalized spacial score (nSPS) is 22.1. The SMILES string of the molecule is N[C@@H]1CN(CC(=O)Nc2ccc3c(c2)OCO3)C[C@H]1c1ccccc1. The number of benzene rings is 2. The molecule has 0 radical (unpaired) electrons. The van der Waals surface area contributed by atoms with E-state index in [0.29, 0.717) is 30.3 Å². The molecule has 1 amide bonds. The summed E-state index contributed by atoms with van der Waals surface area (Å²) in [4.78, 5) is 14.5. The Balaban J connectivity index is 1.35. The first-order valence-electron chi connectivity index (χ1n) is 8.41. The Hall–Kier alpha value is -2.57. The van der Waals surface area contributed by atoms with Crippen LogP contribution in [-0.2, 0) is 4.79 Å². The van der Waals surface area contributed by atoms with Crippen LogP contribution < -0.4 is 20.5 Å². The van der Waals surface area contributed by atoms with Gasteiger partial charge in [-0.1, -0.05) is 30.3 Å². The molecule has 0 aliphatic carbocycles. The fourth-order valence-electron chi connectivity index (χ4n) is 3.47. The Bertz CT molecular complexity index is 766. The quantitative estimate of drug-likeness (QED) is 0.888. The van der Waals surface area contributed by atoms with Crippen molar-refractivity contribution in [3.8, 4) is 11.5 Å². The van der Waals surface area contributed by atoms with Crippen LogP contribution in [0.15, 0.2) is 48.5 Å². The van der Waals surface area contributed by atoms with Crippen LogP contribution in [0.2, 0.25) is 0 Å². The first-order chi connectivity index (χ1) is 12.2. The van der Waals surface area contributed by atoms with Crippen molar-refractivity contribution in [3.63, 3.8) is 0 Å². The molecule has 0 saturated carbocycles. The molecule has 2 aliphatic rings. The molecule has 2 atom stereocenters. The van der Waals surface area contributed by atoms with E-state index in [1.54, 1.807) is 12.1 Å². The van der Waals surface area contributed by atoms with Crippen LogP contribution in [0.3, 0.4) is 0 Å². The number of likely N-dealkylation sites (tertiary alicyclic amines) is 1. The van der Waals surface area contributed by atoms with Gasteiger partial charge < -0.3 is 20.5 Å². The molecule has 4 rings (SSSR count). The Morgan fingerprint density at radius 2 is 1.92 bits per heavy atom. The smallest absolute Gasteiger partial charge is 0.238 e. The molecule has 6 heteroatoms. The van der Waals surface area contributed by atoms with E-state index in [-0.39, 0.29) is 24.7 Å². The van der Waals surface area contributed by atoms with E-state index >= 15 is 0 Å². The van der Waals surface area contributed by atoms with Gasteiger partial charge in [0, 0.05) is 36.8 Å². The maximum atomic E-state index is 12.4. The van der Waals surface area contributed by atoms with Crippen molar-refractivity contribution in [2.75, 3.05) is 31.7 Å². The van der Waals surface area contributed by atoms with Gasteiger partial charge in [-0.3, -0.25) is 9.69 Å². The average molecular weight is 339 g/mol. The van der Waals surface area contributed by atoms with Crippen LogP contribution in [-0.4, -0.2) is 43.3 Å². The Morgan fingerprint density at radius 3 is 2.76 bits per heavy atom. The number of carbonyl (C=O) groups is 1. The summed E-state index contributed by atoms with van der Waals surface area (Å²) in [5, 5.41) is 2.91. The van der Waals surface area contributed by atoms with Gasteiger partial charge in [0.1, 0.15) is 0 Å². The molecule has 0 aromatic heterocycles. The molecule has 0 spiro atoms. The number of hydrogen-bond donors (Lipinski definition) is 2. The van der Waals surface area contributed by atoms with Crippen LogP contribution in [0.5, 0.6) is 11.5 Å². The van der Waals surface area contributed by atoms with Gasteiger partial charge in [-0.2, -0.15) is 0 Å². The molecular weight excluding hydrogens is 318 g/mol. The predicted octanol–water partition coefficient (Wildman–Crippen LogP) is 1.78. The van der Waals surface area contributed by atoms with Crippen molar-refractivity contribution in [2.45, 2.75) is 12.0 Å². The number of anilines is 1. The molecule has 0 unspecified atom stereocenters. The van der Waals surface area contributed by atoms with E-state index in [1.807, 2.05) is 24.3 Å². The van der Waals surface area contributed by atoms with E-state index in [2.05, 4.69) is 22.3 Å². The highest BCUT2D eigenvalue weighted by molar-refractivity contribution is 5.92. The van der Waals surface area contributed by atoms with Crippen molar-refractivity contribution >= 4 is 11.6 Å². The number of ether oxygens (including phenoxy) is 2. The summed E-state index contributed by atoms with van der Waals surface area (Å²) in [5.41, 5.74) is 8.22. The van der Waals surface area contributed by atoms with Crippen LogP contribution in [0.25, 0.3) is 0 Å². The predicted molar refractivity (Wildman–Crippen MR) is 94.8 cm³/mol. The molecule has 3 N–H and O–H groups in total. The zero-order chi connectivity index (χ0) is 17.2. The second-order valence-corrected chi connectivity index (χ2v) is 6.49. The van der Waals surface area contributed by atoms with Gasteiger partial charge in [-0.25, -0.2) is 0 Å². The summed E-state index contributed by atoms with van der Waals surface area (Å²) < 4.78 is 10.6. The second-order valence-electron chi connectivity index (χ2n) is 6.49. The number of hydrogen-bond acceptors (Lipinski definition) is 5. The maximum Gasteiger partial charge on any atom is 0.238 e. The van der Waals surface area contributed by atoms with Crippen LogP contribution in [0, 0.1) is 0 Å². The molecule has 2 aliphatic heterocycles. The van der Waals surface area contributed by atoms with Gasteiger partial charge >= 0.3 is 0 Å². The maximum absolute atomic E-state index is 12.4. The van der Waals surface area contributed by atoms with Crippen molar-refractivity contribution in [3.05, 3.63) is 54.1 Å². The zero-order valence-corrected chi connectivity index (χ0v) is 13.9. The van der Waals surface area contributed by atoms with E-state index in [1.165, 1.54) is 5.56 Å². The Kier molecular flexibility index (Phi) is 4.29. The number of amides is 1. The second kappa shape index (κ2) is 6.74. The molecule has 1 fully saturated rings. The van der Waals surface area contributed by atoms with E-state index in [9.17, 15) is 4.79 Å². The van der Waals surface area contributed by atoms with Crippen molar-refractivity contribution in [1.29, 1.82) is 0 Å². The number of carbonyl (C=O) groups excluding carboxylic acids is 1. The highest BCUT2D eigenvalue weighted by atomic mass is 16.7.